The summed E-state index contributed by atoms with van der Waals surface area (Å²) in [6, 6.07) is 7.33. The van der Waals surface area contributed by atoms with Crippen molar-refractivity contribution >= 4 is 9.84 Å². The molecule has 18 heavy (non-hydrogen) atoms. The van der Waals surface area contributed by atoms with Crippen LogP contribution in [0.25, 0.3) is 0 Å². The van der Waals surface area contributed by atoms with Crippen LogP contribution < -0.4 is 10.5 Å². The van der Waals surface area contributed by atoms with Crippen LogP contribution in [0.3, 0.4) is 0 Å². The number of para-hydroxylation sites is 1. The maximum Gasteiger partial charge on any atom is 0.155 e. The van der Waals surface area contributed by atoms with E-state index in [1.807, 2.05) is 18.2 Å². The molecule has 0 bridgehead atoms. The van der Waals surface area contributed by atoms with Crippen molar-refractivity contribution in [1.82, 2.24) is 0 Å². The van der Waals surface area contributed by atoms with Gasteiger partial charge in [-0.3, -0.25) is 0 Å². The van der Waals surface area contributed by atoms with Crippen LogP contribution in [0.5, 0.6) is 5.75 Å². The fraction of sp³-hybridized carbons (Fsp3) is 0.500. The Kier molecular flexibility index (Phi) is 6.11. The van der Waals surface area contributed by atoms with E-state index in [4.69, 9.17) is 15.2 Å². The third kappa shape index (κ3) is 5.03. The predicted molar refractivity (Wildman–Crippen MR) is 70.4 cm³/mol. The van der Waals surface area contributed by atoms with Gasteiger partial charge in [0.15, 0.2) is 9.84 Å². The van der Waals surface area contributed by atoms with Crippen LogP contribution in [-0.4, -0.2) is 40.2 Å². The fourth-order valence-corrected chi connectivity index (χ4v) is 2.37. The van der Waals surface area contributed by atoms with Gasteiger partial charge in [0.05, 0.1) is 18.1 Å². The molecular weight excluding hydrogens is 254 g/mol. The lowest BCUT2D eigenvalue weighted by molar-refractivity contribution is 0.217. The van der Waals surface area contributed by atoms with E-state index in [0.717, 1.165) is 5.56 Å². The van der Waals surface area contributed by atoms with E-state index in [0.29, 0.717) is 12.3 Å². The van der Waals surface area contributed by atoms with E-state index < -0.39 is 9.84 Å². The van der Waals surface area contributed by atoms with Gasteiger partial charge in [-0.25, -0.2) is 8.42 Å². The molecule has 0 aliphatic heterocycles. The third-order valence-electron chi connectivity index (χ3n) is 2.44. The highest BCUT2D eigenvalue weighted by Gasteiger charge is 2.11. The summed E-state index contributed by atoms with van der Waals surface area (Å²) in [6.45, 7) is 0.706. The number of nitrogens with two attached hydrogens (primary N) is 1. The molecule has 0 amide bonds. The van der Waals surface area contributed by atoms with E-state index in [9.17, 15) is 8.42 Å². The molecule has 0 unspecified atom stereocenters. The van der Waals surface area contributed by atoms with Gasteiger partial charge in [-0.1, -0.05) is 18.2 Å². The second kappa shape index (κ2) is 7.35. The van der Waals surface area contributed by atoms with Gasteiger partial charge < -0.3 is 15.2 Å². The van der Waals surface area contributed by atoms with Gasteiger partial charge in [0.1, 0.15) is 12.4 Å². The zero-order chi connectivity index (χ0) is 13.4. The van der Waals surface area contributed by atoms with Gasteiger partial charge in [-0.2, -0.15) is 0 Å². The predicted octanol–water partition coefficient (Wildman–Crippen LogP) is 0.585. The number of hydrogen-bond acceptors (Lipinski definition) is 5. The Morgan fingerprint density at radius 1 is 1.17 bits per heavy atom. The summed E-state index contributed by atoms with van der Waals surface area (Å²) in [5, 5.41) is 0. The topological polar surface area (TPSA) is 78.6 Å². The number of sulfone groups is 1. The quantitative estimate of drug-likeness (QED) is 0.750. The fourth-order valence-electron chi connectivity index (χ4n) is 1.40. The molecule has 0 radical (unpaired) electrons. The first-order valence-corrected chi connectivity index (χ1v) is 7.51. The van der Waals surface area contributed by atoms with Crippen LogP contribution in [0.2, 0.25) is 0 Å². The van der Waals surface area contributed by atoms with Crippen molar-refractivity contribution in [2.24, 2.45) is 5.73 Å². The molecule has 0 atom stereocenters. The molecule has 2 N–H and O–H groups in total. The minimum atomic E-state index is -3.11. The Balaban J connectivity index is 2.46. The number of ether oxygens (including phenoxy) is 2. The Morgan fingerprint density at radius 2 is 1.83 bits per heavy atom. The maximum atomic E-state index is 11.5. The van der Waals surface area contributed by atoms with Crippen molar-refractivity contribution in [3.05, 3.63) is 29.8 Å². The monoisotopic (exact) mass is 273 g/mol. The lowest BCUT2D eigenvalue weighted by atomic mass is 10.2. The summed E-state index contributed by atoms with van der Waals surface area (Å²) in [4.78, 5) is 0. The normalized spacial score (nSPS) is 11.4. The molecule has 0 aromatic heterocycles. The second-order valence-electron chi connectivity index (χ2n) is 3.80. The SMILES string of the molecule is COCCS(=O)(=O)CCOc1ccccc1CN. The highest BCUT2D eigenvalue weighted by molar-refractivity contribution is 7.91. The highest BCUT2D eigenvalue weighted by Crippen LogP contribution is 2.16. The van der Waals surface area contributed by atoms with Gasteiger partial charge in [0, 0.05) is 19.2 Å². The smallest absolute Gasteiger partial charge is 0.155 e. The molecule has 0 spiro atoms. The number of rotatable bonds is 8. The van der Waals surface area contributed by atoms with Gasteiger partial charge in [0.25, 0.3) is 0 Å². The summed E-state index contributed by atoms with van der Waals surface area (Å²) in [5.74, 6) is 0.641. The largest absolute Gasteiger partial charge is 0.492 e. The molecule has 0 saturated carbocycles. The summed E-state index contributed by atoms with van der Waals surface area (Å²) in [7, 11) is -1.64. The van der Waals surface area contributed by atoms with E-state index in [-0.39, 0.29) is 24.7 Å². The first-order valence-electron chi connectivity index (χ1n) is 5.69. The lowest BCUT2D eigenvalue weighted by Crippen LogP contribution is -2.20. The standard InChI is InChI=1S/C12H19NO4S/c1-16-6-8-18(14,15)9-7-17-12-5-3-2-4-11(12)10-13/h2-5H,6-10,13H2,1H3. The van der Waals surface area contributed by atoms with Crippen molar-refractivity contribution in [3.8, 4) is 5.75 Å². The Morgan fingerprint density at radius 3 is 2.50 bits per heavy atom. The number of hydrogen-bond donors (Lipinski definition) is 1. The molecule has 102 valence electrons. The maximum absolute atomic E-state index is 11.5. The Bertz CT molecular complexity index is 459. The minimum absolute atomic E-state index is 0.0186. The zero-order valence-corrected chi connectivity index (χ0v) is 11.3. The van der Waals surface area contributed by atoms with Gasteiger partial charge in [-0.15, -0.1) is 0 Å². The first kappa shape index (κ1) is 14.9. The van der Waals surface area contributed by atoms with Gasteiger partial charge in [0.2, 0.25) is 0 Å². The average Bonchev–Trinajstić information content (AvgIpc) is 2.37. The van der Waals surface area contributed by atoms with Crippen LogP contribution >= 0.6 is 0 Å². The van der Waals surface area contributed by atoms with E-state index in [1.165, 1.54) is 7.11 Å². The highest BCUT2D eigenvalue weighted by atomic mass is 32.2. The van der Waals surface area contributed by atoms with Crippen molar-refractivity contribution < 1.29 is 17.9 Å². The molecule has 5 nitrogen and oxygen atoms in total. The van der Waals surface area contributed by atoms with Crippen LogP contribution in [0.4, 0.5) is 0 Å². The second-order valence-corrected chi connectivity index (χ2v) is 6.11. The van der Waals surface area contributed by atoms with Crippen LogP contribution in [0.15, 0.2) is 24.3 Å². The van der Waals surface area contributed by atoms with E-state index >= 15 is 0 Å². The Hall–Kier alpha value is -1.11. The first-order chi connectivity index (χ1) is 8.59. The van der Waals surface area contributed by atoms with Crippen molar-refractivity contribution in [3.63, 3.8) is 0 Å². The molecule has 0 heterocycles. The summed E-state index contributed by atoms with van der Waals surface area (Å²) in [6.07, 6.45) is 0. The molecule has 0 aliphatic carbocycles. The van der Waals surface area contributed by atoms with Gasteiger partial charge in [-0.05, 0) is 6.07 Å². The molecule has 1 aromatic rings. The number of methoxy groups -OCH3 is 1. The third-order valence-corrected chi connectivity index (χ3v) is 4.02. The molecule has 0 aliphatic rings. The summed E-state index contributed by atoms with van der Waals surface area (Å²) >= 11 is 0. The van der Waals surface area contributed by atoms with Crippen molar-refractivity contribution in [2.75, 3.05) is 31.8 Å². The minimum Gasteiger partial charge on any atom is -0.492 e. The molecule has 0 saturated heterocycles. The Labute approximate surface area is 108 Å². The van der Waals surface area contributed by atoms with Crippen LogP contribution in [0, 0.1) is 0 Å². The van der Waals surface area contributed by atoms with Crippen LogP contribution in [-0.2, 0) is 21.1 Å². The van der Waals surface area contributed by atoms with E-state index in [1.54, 1.807) is 6.07 Å². The molecule has 1 rings (SSSR count). The summed E-state index contributed by atoms with van der Waals surface area (Å²) < 4.78 is 33.3. The lowest BCUT2D eigenvalue weighted by Gasteiger charge is -2.10. The molecule has 6 heteroatoms. The molecule has 0 fully saturated rings. The number of benzene rings is 1. The van der Waals surface area contributed by atoms with E-state index in [2.05, 4.69) is 0 Å². The zero-order valence-electron chi connectivity index (χ0n) is 10.5. The van der Waals surface area contributed by atoms with Crippen LogP contribution in [0.1, 0.15) is 5.56 Å². The summed E-state index contributed by atoms with van der Waals surface area (Å²) in [5.41, 5.74) is 6.43. The average molecular weight is 273 g/mol. The molecular formula is C12H19NO4S. The van der Waals surface area contributed by atoms with Crippen molar-refractivity contribution in [2.45, 2.75) is 6.54 Å². The van der Waals surface area contributed by atoms with Crippen molar-refractivity contribution in [1.29, 1.82) is 0 Å². The molecule has 1 aromatic carbocycles. The van der Waals surface area contributed by atoms with Gasteiger partial charge >= 0.3 is 0 Å².